The topological polar surface area (TPSA) is 92.2 Å². The minimum absolute atomic E-state index is 0.0176. The minimum Gasteiger partial charge on any atom is -0.507 e. The summed E-state index contributed by atoms with van der Waals surface area (Å²) in [6, 6.07) is 2.56. The Kier molecular flexibility index (Phi) is 5.98. The molecule has 20 heavy (non-hydrogen) atoms. The van der Waals surface area contributed by atoms with Gasteiger partial charge in [-0.15, -0.1) is 0 Å². The molecule has 0 spiro atoms. The zero-order valence-corrected chi connectivity index (χ0v) is 12.5. The maximum atomic E-state index is 11.2. The van der Waals surface area contributed by atoms with Crippen LogP contribution in [0.2, 0.25) is 0 Å². The number of urea groups is 1. The van der Waals surface area contributed by atoms with Crippen molar-refractivity contribution in [3.63, 3.8) is 0 Å². The van der Waals surface area contributed by atoms with Crippen molar-refractivity contribution in [3.8, 4) is 17.2 Å². The lowest BCUT2D eigenvalue weighted by atomic mass is 10.1. The number of aromatic hydroxyl groups is 1. The molecule has 0 heterocycles. The fraction of sp³-hybridized carbons (Fsp3) is 0.333. The van der Waals surface area contributed by atoms with Gasteiger partial charge in [0.1, 0.15) is 5.75 Å². The molecule has 0 aliphatic rings. The van der Waals surface area contributed by atoms with Crippen LogP contribution in [0.1, 0.15) is 12.5 Å². The summed E-state index contributed by atoms with van der Waals surface area (Å²) < 4.78 is 12.7. The number of hydrogen-bond donors (Lipinski definition) is 3. The van der Waals surface area contributed by atoms with Gasteiger partial charge in [0.25, 0.3) is 0 Å². The molecule has 0 radical (unpaired) electrons. The van der Waals surface area contributed by atoms with E-state index in [2.05, 4.69) is 15.2 Å². The fourth-order valence-corrected chi connectivity index (χ4v) is 1.70. The van der Waals surface area contributed by atoms with Gasteiger partial charge in [-0.25, -0.2) is 10.2 Å². The van der Waals surface area contributed by atoms with Gasteiger partial charge in [-0.1, -0.05) is 11.9 Å². The van der Waals surface area contributed by atoms with E-state index in [1.807, 2.05) is 0 Å². The predicted molar refractivity (Wildman–Crippen MR) is 78.6 cm³/mol. The molecular weight excluding hydrogens is 282 g/mol. The van der Waals surface area contributed by atoms with Crippen molar-refractivity contribution >= 4 is 23.7 Å². The van der Waals surface area contributed by atoms with Crippen LogP contribution in [0.5, 0.6) is 17.2 Å². The Labute approximate surface area is 121 Å². The standard InChI is InChI=1S/C12H17N3O4S/c1-7(13-14-12(17)15-20-4)8-5-10(18-2)11(19-3)6-9(8)16/h5-6,16H,1-4H3,(H2,14,15,17)/b13-7+. The molecule has 1 aromatic rings. The summed E-state index contributed by atoms with van der Waals surface area (Å²) in [5.41, 5.74) is 3.18. The van der Waals surface area contributed by atoms with E-state index < -0.39 is 6.03 Å². The van der Waals surface area contributed by atoms with Crippen molar-refractivity contribution in [3.05, 3.63) is 17.7 Å². The number of benzene rings is 1. The molecule has 0 saturated heterocycles. The molecule has 0 aliphatic heterocycles. The second-order valence-corrected chi connectivity index (χ2v) is 4.28. The molecule has 1 aromatic carbocycles. The van der Waals surface area contributed by atoms with Crippen LogP contribution in [-0.4, -0.2) is 37.3 Å². The molecule has 8 heteroatoms. The number of ether oxygens (including phenoxy) is 2. The normalized spacial score (nSPS) is 10.9. The first-order valence-corrected chi connectivity index (χ1v) is 6.84. The van der Waals surface area contributed by atoms with Gasteiger partial charge < -0.3 is 14.6 Å². The Balaban J connectivity index is 3.00. The monoisotopic (exact) mass is 299 g/mol. The van der Waals surface area contributed by atoms with Crippen molar-refractivity contribution in [1.29, 1.82) is 0 Å². The van der Waals surface area contributed by atoms with E-state index in [9.17, 15) is 9.90 Å². The molecule has 0 aliphatic carbocycles. The van der Waals surface area contributed by atoms with Crippen LogP contribution in [0.4, 0.5) is 4.79 Å². The van der Waals surface area contributed by atoms with Crippen molar-refractivity contribution in [2.24, 2.45) is 5.10 Å². The summed E-state index contributed by atoms with van der Waals surface area (Å²) in [5.74, 6) is 0.856. The van der Waals surface area contributed by atoms with Gasteiger partial charge in [0.15, 0.2) is 11.5 Å². The lowest BCUT2D eigenvalue weighted by Crippen LogP contribution is -2.27. The number of hydrogen-bond acceptors (Lipinski definition) is 6. The number of phenols is 1. The number of nitrogens with zero attached hydrogens (tertiary/aromatic N) is 1. The van der Waals surface area contributed by atoms with Gasteiger partial charge in [-0.05, 0) is 13.0 Å². The number of methoxy groups -OCH3 is 2. The number of carbonyl (C=O) groups is 1. The highest BCUT2D eigenvalue weighted by atomic mass is 32.2. The Bertz CT molecular complexity index is 520. The lowest BCUT2D eigenvalue weighted by molar-refractivity contribution is 0.247. The van der Waals surface area contributed by atoms with Crippen molar-refractivity contribution in [1.82, 2.24) is 10.1 Å². The third kappa shape index (κ3) is 3.95. The van der Waals surface area contributed by atoms with Crippen LogP contribution in [0.25, 0.3) is 0 Å². The third-order valence-electron chi connectivity index (χ3n) is 2.41. The van der Waals surface area contributed by atoms with Gasteiger partial charge in [0.05, 0.1) is 19.9 Å². The number of hydrazone groups is 1. The molecule has 0 bridgehead atoms. The van der Waals surface area contributed by atoms with Gasteiger partial charge in [-0.3, -0.25) is 4.72 Å². The van der Waals surface area contributed by atoms with Crippen LogP contribution in [0.15, 0.2) is 17.2 Å². The average molecular weight is 299 g/mol. The van der Waals surface area contributed by atoms with E-state index >= 15 is 0 Å². The molecule has 0 aromatic heterocycles. The van der Waals surface area contributed by atoms with Crippen molar-refractivity contribution < 1.29 is 19.4 Å². The van der Waals surface area contributed by atoms with Crippen LogP contribution >= 0.6 is 11.9 Å². The van der Waals surface area contributed by atoms with E-state index in [-0.39, 0.29) is 5.75 Å². The molecular formula is C12H17N3O4S. The first-order chi connectivity index (χ1) is 9.53. The smallest absolute Gasteiger partial charge is 0.345 e. The number of nitrogens with one attached hydrogen (secondary N) is 2. The molecule has 3 N–H and O–H groups in total. The fourth-order valence-electron chi connectivity index (χ4n) is 1.47. The van der Waals surface area contributed by atoms with Crippen LogP contribution in [0.3, 0.4) is 0 Å². The number of amides is 2. The van der Waals surface area contributed by atoms with E-state index in [1.165, 1.54) is 20.3 Å². The SMILES string of the molecule is COc1cc(O)c(/C(C)=N/NC(=O)NSC)cc1OC. The maximum absolute atomic E-state index is 11.2. The van der Waals surface area contributed by atoms with Crippen LogP contribution in [0, 0.1) is 0 Å². The largest absolute Gasteiger partial charge is 0.507 e. The number of phenolic OH excluding ortho intramolecular Hbond substituents is 1. The highest BCUT2D eigenvalue weighted by Crippen LogP contribution is 2.34. The summed E-state index contributed by atoms with van der Waals surface area (Å²) in [6.45, 7) is 1.65. The molecule has 0 unspecified atom stereocenters. The zero-order valence-electron chi connectivity index (χ0n) is 11.7. The van der Waals surface area contributed by atoms with Crippen molar-refractivity contribution in [2.45, 2.75) is 6.92 Å². The summed E-state index contributed by atoms with van der Waals surface area (Å²) in [7, 11) is 2.97. The molecule has 0 atom stereocenters. The van der Waals surface area contributed by atoms with E-state index in [0.29, 0.717) is 22.8 Å². The third-order valence-corrected chi connectivity index (χ3v) is 2.80. The molecule has 0 saturated carbocycles. The van der Waals surface area contributed by atoms with Gasteiger partial charge in [0.2, 0.25) is 0 Å². The average Bonchev–Trinajstić information content (AvgIpc) is 2.44. The Hall–Kier alpha value is -2.09. The quantitative estimate of drug-likeness (QED) is 0.437. The molecule has 7 nitrogen and oxygen atoms in total. The molecule has 1 rings (SSSR count). The Morgan fingerprint density at radius 3 is 2.45 bits per heavy atom. The second-order valence-electron chi connectivity index (χ2n) is 3.67. The summed E-state index contributed by atoms with van der Waals surface area (Å²) >= 11 is 1.15. The maximum Gasteiger partial charge on any atom is 0.345 e. The van der Waals surface area contributed by atoms with E-state index in [4.69, 9.17) is 9.47 Å². The van der Waals surface area contributed by atoms with Crippen molar-refractivity contribution in [2.75, 3.05) is 20.5 Å². The van der Waals surface area contributed by atoms with E-state index in [1.54, 1.807) is 19.2 Å². The van der Waals surface area contributed by atoms with Gasteiger partial charge in [0, 0.05) is 17.9 Å². The predicted octanol–water partition coefficient (Wildman–Crippen LogP) is 1.71. The van der Waals surface area contributed by atoms with Crippen LogP contribution in [-0.2, 0) is 0 Å². The highest BCUT2D eigenvalue weighted by Gasteiger charge is 2.12. The number of rotatable bonds is 5. The van der Waals surface area contributed by atoms with Gasteiger partial charge in [-0.2, -0.15) is 5.10 Å². The van der Waals surface area contributed by atoms with E-state index in [0.717, 1.165) is 11.9 Å². The Morgan fingerprint density at radius 2 is 1.90 bits per heavy atom. The molecule has 0 fully saturated rings. The first-order valence-electron chi connectivity index (χ1n) is 5.62. The number of carbonyl (C=O) groups excluding carboxylic acids is 1. The summed E-state index contributed by atoms with van der Waals surface area (Å²) in [5, 5.41) is 13.8. The lowest BCUT2D eigenvalue weighted by Gasteiger charge is -2.11. The summed E-state index contributed by atoms with van der Waals surface area (Å²) in [4.78, 5) is 11.2. The van der Waals surface area contributed by atoms with Crippen LogP contribution < -0.4 is 19.6 Å². The Morgan fingerprint density at radius 1 is 1.30 bits per heavy atom. The molecule has 2 amide bonds. The second kappa shape index (κ2) is 7.49. The summed E-state index contributed by atoms with van der Waals surface area (Å²) in [6.07, 6.45) is 1.72. The highest BCUT2D eigenvalue weighted by molar-refractivity contribution is 7.97. The first kappa shape index (κ1) is 16.0. The zero-order chi connectivity index (χ0) is 15.1. The van der Waals surface area contributed by atoms with Gasteiger partial charge >= 0.3 is 6.03 Å². The minimum atomic E-state index is -0.447. The molecule has 110 valence electrons.